The predicted octanol–water partition coefficient (Wildman–Crippen LogP) is 3.52. The second-order valence-electron chi connectivity index (χ2n) is 5.56. The van der Waals surface area contributed by atoms with E-state index in [4.69, 9.17) is 5.11 Å². The molecule has 0 aliphatic rings. The van der Waals surface area contributed by atoms with Crippen molar-refractivity contribution >= 4 is 39.1 Å². The highest BCUT2D eigenvalue weighted by Crippen LogP contribution is 2.24. The van der Waals surface area contributed by atoms with Gasteiger partial charge in [0.05, 0.1) is 0 Å². The summed E-state index contributed by atoms with van der Waals surface area (Å²) >= 11 is 4.55. The van der Waals surface area contributed by atoms with E-state index in [1.165, 1.54) is 11.3 Å². The van der Waals surface area contributed by atoms with Gasteiger partial charge in [-0.1, -0.05) is 20.8 Å². The maximum absolute atomic E-state index is 12.0. The molecule has 0 spiro atoms. The normalized spacial score (nSPS) is 13.1. The molecule has 0 fully saturated rings. The van der Waals surface area contributed by atoms with Crippen LogP contribution in [0.5, 0.6) is 0 Å². The Hall–Kier alpha value is -0.880. The van der Waals surface area contributed by atoms with Gasteiger partial charge in [0, 0.05) is 4.47 Å². The molecule has 1 aromatic heterocycles. The smallest absolute Gasteiger partial charge is 0.326 e. The molecule has 0 radical (unpaired) electrons. The fourth-order valence-electron chi connectivity index (χ4n) is 1.51. The second-order valence-corrected chi connectivity index (χ2v) is 7.33. The molecule has 0 saturated heterocycles. The van der Waals surface area contributed by atoms with Crippen LogP contribution in [0.2, 0.25) is 0 Å². The highest BCUT2D eigenvalue weighted by atomic mass is 79.9. The number of carbonyl (C=O) groups is 2. The lowest BCUT2D eigenvalue weighted by atomic mass is 9.88. The average Bonchev–Trinajstić information content (AvgIpc) is 2.68. The van der Waals surface area contributed by atoms with E-state index in [1.807, 2.05) is 20.8 Å². The number of thiophene rings is 1. The van der Waals surface area contributed by atoms with Crippen molar-refractivity contribution in [3.63, 3.8) is 0 Å². The Balaban J connectivity index is 2.67. The monoisotopic (exact) mass is 347 g/mol. The maximum Gasteiger partial charge on any atom is 0.326 e. The number of halogens is 1. The van der Waals surface area contributed by atoms with E-state index in [0.29, 0.717) is 15.8 Å². The fourth-order valence-corrected chi connectivity index (χ4v) is 2.97. The molecule has 1 heterocycles. The molecule has 0 aliphatic carbocycles. The van der Waals surface area contributed by atoms with Crippen molar-refractivity contribution in [1.82, 2.24) is 5.32 Å². The topological polar surface area (TPSA) is 66.4 Å². The lowest BCUT2D eigenvalue weighted by molar-refractivity contribution is -0.139. The zero-order chi connectivity index (χ0) is 14.6. The summed E-state index contributed by atoms with van der Waals surface area (Å²) in [6.07, 6.45) is 1.16. The Labute approximate surface area is 125 Å². The summed E-state index contributed by atoms with van der Waals surface area (Å²) in [5.74, 6) is -1.34. The minimum Gasteiger partial charge on any atom is -0.480 e. The zero-order valence-electron chi connectivity index (χ0n) is 11.2. The van der Waals surface area contributed by atoms with Crippen LogP contribution in [0.25, 0.3) is 0 Å². The predicted molar refractivity (Wildman–Crippen MR) is 79.6 cm³/mol. The van der Waals surface area contributed by atoms with Gasteiger partial charge in [-0.2, -0.15) is 0 Å². The summed E-state index contributed by atoms with van der Waals surface area (Å²) in [6, 6.07) is 0.922. The molecule has 0 aromatic carbocycles. The summed E-state index contributed by atoms with van der Waals surface area (Å²) in [7, 11) is 0. The molecule has 2 N–H and O–H groups in total. The van der Waals surface area contributed by atoms with Crippen LogP contribution in [0.1, 0.15) is 43.3 Å². The summed E-state index contributed by atoms with van der Waals surface area (Å²) in [4.78, 5) is 23.7. The summed E-state index contributed by atoms with van der Waals surface area (Å²) in [6.45, 7) is 6.14. The summed E-state index contributed by atoms with van der Waals surface area (Å²) in [5, 5.41) is 13.5. The van der Waals surface area contributed by atoms with Crippen molar-refractivity contribution < 1.29 is 14.7 Å². The lowest BCUT2D eigenvalue weighted by Gasteiger charge is -2.21. The Morgan fingerprint density at radius 3 is 2.53 bits per heavy atom. The highest BCUT2D eigenvalue weighted by Gasteiger charge is 2.24. The number of hydrogen-bond donors (Lipinski definition) is 2. The van der Waals surface area contributed by atoms with E-state index in [0.717, 1.165) is 6.42 Å². The van der Waals surface area contributed by atoms with Gasteiger partial charge in [-0.25, -0.2) is 4.79 Å². The van der Waals surface area contributed by atoms with Crippen molar-refractivity contribution in [2.45, 2.75) is 39.7 Å². The first-order valence-corrected chi connectivity index (χ1v) is 7.64. The number of hydrogen-bond acceptors (Lipinski definition) is 3. The molecule has 0 aliphatic heterocycles. The largest absolute Gasteiger partial charge is 0.480 e. The zero-order valence-corrected chi connectivity index (χ0v) is 13.6. The van der Waals surface area contributed by atoms with Crippen LogP contribution in [0.15, 0.2) is 15.9 Å². The maximum atomic E-state index is 12.0. The van der Waals surface area contributed by atoms with E-state index < -0.39 is 12.0 Å². The third-order valence-electron chi connectivity index (χ3n) is 2.61. The molecule has 106 valence electrons. The van der Waals surface area contributed by atoms with E-state index in [1.54, 1.807) is 11.4 Å². The molecule has 6 heteroatoms. The van der Waals surface area contributed by atoms with E-state index in [-0.39, 0.29) is 11.3 Å². The van der Waals surface area contributed by atoms with Crippen molar-refractivity contribution in [1.29, 1.82) is 0 Å². The number of aliphatic carboxylic acids is 1. The minimum atomic E-state index is -0.995. The lowest BCUT2D eigenvalue weighted by Crippen LogP contribution is -2.41. The standard InChI is InChI=1S/C13H18BrNO3S/c1-13(2,3)6-4-9(12(17)18)15-11(16)10-8(14)5-7-19-10/h5,7,9H,4,6H2,1-3H3,(H,15,16)(H,17,18). The van der Waals surface area contributed by atoms with Gasteiger partial charge in [-0.3, -0.25) is 4.79 Å². The SMILES string of the molecule is CC(C)(C)CCC(NC(=O)c1sccc1Br)C(=O)O. The van der Waals surface area contributed by atoms with E-state index >= 15 is 0 Å². The highest BCUT2D eigenvalue weighted by molar-refractivity contribution is 9.10. The number of nitrogens with one attached hydrogen (secondary N) is 1. The number of carboxylic acids is 1. The molecule has 1 aromatic rings. The molecule has 1 atom stereocenters. The third kappa shape index (κ3) is 5.32. The van der Waals surface area contributed by atoms with Crippen LogP contribution in [0, 0.1) is 5.41 Å². The van der Waals surface area contributed by atoms with Gasteiger partial charge >= 0.3 is 5.97 Å². The van der Waals surface area contributed by atoms with Crippen LogP contribution in [0.3, 0.4) is 0 Å². The number of rotatable bonds is 5. The first kappa shape index (κ1) is 16.2. The van der Waals surface area contributed by atoms with Crippen LogP contribution in [-0.4, -0.2) is 23.0 Å². The van der Waals surface area contributed by atoms with Crippen LogP contribution >= 0.6 is 27.3 Å². The molecule has 1 unspecified atom stereocenters. The minimum absolute atomic E-state index is 0.0436. The van der Waals surface area contributed by atoms with Gasteiger partial charge in [-0.15, -0.1) is 11.3 Å². The Morgan fingerprint density at radius 1 is 1.47 bits per heavy atom. The Morgan fingerprint density at radius 2 is 2.11 bits per heavy atom. The fraction of sp³-hybridized carbons (Fsp3) is 0.538. The van der Waals surface area contributed by atoms with Crippen molar-refractivity contribution in [3.05, 3.63) is 20.8 Å². The molecule has 1 rings (SSSR count). The molecule has 0 bridgehead atoms. The first-order chi connectivity index (χ1) is 8.70. The molecule has 1 amide bonds. The van der Waals surface area contributed by atoms with Crippen LogP contribution < -0.4 is 5.32 Å². The van der Waals surface area contributed by atoms with Gasteiger partial charge in [0.1, 0.15) is 10.9 Å². The Kier molecular flexibility index (Phi) is 5.55. The second kappa shape index (κ2) is 6.52. The molecule has 4 nitrogen and oxygen atoms in total. The third-order valence-corrected chi connectivity index (χ3v) is 4.45. The van der Waals surface area contributed by atoms with Gasteiger partial charge in [0.2, 0.25) is 0 Å². The first-order valence-electron chi connectivity index (χ1n) is 5.97. The average molecular weight is 348 g/mol. The number of carboxylic acid groups (broad SMARTS) is 1. The molecule has 0 saturated carbocycles. The van der Waals surface area contributed by atoms with Gasteiger partial charge in [0.15, 0.2) is 0 Å². The number of amides is 1. The number of carbonyl (C=O) groups excluding carboxylic acids is 1. The van der Waals surface area contributed by atoms with Crippen LogP contribution in [0.4, 0.5) is 0 Å². The van der Waals surface area contributed by atoms with E-state index in [9.17, 15) is 9.59 Å². The van der Waals surface area contributed by atoms with Crippen molar-refractivity contribution in [3.8, 4) is 0 Å². The molecular weight excluding hydrogens is 330 g/mol. The Bertz CT molecular complexity index is 465. The summed E-state index contributed by atoms with van der Waals surface area (Å²) in [5.41, 5.74) is 0.0436. The van der Waals surface area contributed by atoms with E-state index in [2.05, 4.69) is 21.2 Å². The molecular formula is C13H18BrNO3S. The van der Waals surface area contributed by atoms with Gasteiger partial charge in [0.25, 0.3) is 5.91 Å². The van der Waals surface area contributed by atoms with Crippen molar-refractivity contribution in [2.75, 3.05) is 0 Å². The molecule has 19 heavy (non-hydrogen) atoms. The van der Waals surface area contributed by atoms with Gasteiger partial charge in [-0.05, 0) is 45.6 Å². The van der Waals surface area contributed by atoms with Gasteiger partial charge < -0.3 is 10.4 Å². The van der Waals surface area contributed by atoms with Crippen molar-refractivity contribution in [2.24, 2.45) is 5.41 Å². The van der Waals surface area contributed by atoms with Crippen LogP contribution in [-0.2, 0) is 4.79 Å². The quantitative estimate of drug-likeness (QED) is 0.856. The summed E-state index contributed by atoms with van der Waals surface area (Å²) < 4.78 is 0.690.